The lowest BCUT2D eigenvalue weighted by molar-refractivity contribution is -0.154. The highest BCUT2D eigenvalue weighted by atomic mass is 79.9. The van der Waals surface area contributed by atoms with Gasteiger partial charge in [0.25, 0.3) is 0 Å². The molecule has 7 atom stereocenters. The first-order valence-electron chi connectivity index (χ1n) is 13.0. The van der Waals surface area contributed by atoms with E-state index in [0.29, 0.717) is 32.5 Å². The van der Waals surface area contributed by atoms with Crippen LogP contribution in [0.5, 0.6) is 0 Å². The molecule has 3 aliphatic rings. The van der Waals surface area contributed by atoms with Crippen molar-refractivity contribution < 1.29 is 24.2 Å². The SMILES string of the molecule is C=CCN(CCC)C(=O)[C@H]1[C@H]2C(=O)N([C@@H](CC)CO)C(C(=O)N(CC=C)C(C)(C)C)C23CC(Br)[C@@H]1O3. The monoisotopic (exact) mass is 567 g/mol. The molecule has 0 radical (unpaired) electrons. The molecule has 1 spiro atoms. The van der Waals surface area contributed by atoms with Crippen LogP contribution < -0.4 is 0 Å². The van der Waals surface area contributed by atoms with E-state index in [0.717, 1.165) is 6.42 Å². The summed E-state index contributed by atoms with van der Waals surface area (Å²) in [5.74, 6) is -2.16. The van der Waals surface area contributed by atoms with Gasteiger partial charge in [-0.15, -0.1) is 13.2 Å². The Morgan fingerprint density at radius 1 is 1.25 bits per heavy atom. The Bertz CT molecular complexity index is 885. The van der Waals surface area contributed by atoms with E-state index in [2.05, 4.69) is 29.1 Å². The molecule has 2 bridgehead atoms. The van der Waals surface area contributed by atoms with E-state index >= 15 is 0 Å². The Morgan fingerprint density at radius 2 is 1.89 bits per heavy atom. The van der Waals surface area contributed by atoms with Crippen molar-refractivity contribution in [3.63, 3.8) is 0 Å². The number of aliphatic hydroxyl groups excluding tert-OH is 1. The summed E-state index contributed by atoms with van der Waals surface area (Å²) in [5, 5.41) is 10.2. The quantitative estimate of drug-likeness (QED) is 0.306. The summed E-state index contributed by atoms with van der Waals surface area (Å²) >= 11 is 3.72. The van der Waals surface area contributed by atoms with Crippen molar-refractivity contribution in [1.82, 2.24) is 14.7 Å². The van der Waals surface area contributed by atoms with Crippen LogP contribution in [-0.2, 0) is 19.1 Å². The lowest BCUT2D eigenvalue weighted by atomic mass is 9.70. The molecule has 9 heteroatoms. The average Bonchev–Trinajstić information content (AvgIpc) is 3.40. The first-order valence-corrected chi connectivity index (χ1v) is 13.9. The molecule has 36 heavy (non-hydrogen) atoms. The highest BCUT2D eigenvalue weighted by Crippen LogP contribution is 2.61. The second-order valence-electron chi connectivity index (χ2n) is 11.1. The van der Waals surface area contributed by atoms with Crippen LogP contribution in [0.1, 0.15) is 53.9 Å². The zero-order chi connectivity index (χ0) is 27.0. The number of amides is 3. The number of halogens is 1. The fraction of sp³-hybridized carbons (Fsp3) is 0.741. The number of hydrogen-bond acceptors (Lipinski definition) is 5. The maximum absolute atomic E-state index is 14.3. The molecule has 0 aromatic carbocycles. The average molecular weight is 569 g/mol. The maximum Gasteiger partial charge on any atom is 0.249 e. The van der Waals surface area contributed by atoms with Crippen LogP contribution in [0.25, 0.3) is 0 Å². The summed E-state index contributed by atoms with van der Waals surface area (Å²) in [7, 11) is 0. The number of ether oxygens (including phenoxy) is 1. The highest BCUT2D eigenvalue weighted by molar-refractivity contribution is 9.09. The fourth-order valence-electron chi connectivity index (χ4n) is 6.34. The molecule has 0 saturated carbocycles. The van der Waals surface area contributed by atoms with E-state index in [9.17, 15) is 19.5 Å². The van der Waals surface area contributed by atoms with Crippen molar-refractivity contribution in [3.8, 4) is 0 Å². The fourth-order valence-corrected chi connectivity index (χ4v) is 7.28. The largest absolute Gasteiger partial charge is 0.394 e. The van der Waals surface area contributed by atoms with E-state index < -0.39 is 41.2 Å². The zero-order valence-electron chi connectivity index (χ0n) is 22.3. The van der Waals surface area contributed by atoms with Gasteiger partial charge < -0.3 is 24.5 Å². The molecule has 202 valence electrons. The molecule has 1 N–H and O–H groups in total. The Kier molecular flexibility index (Phi) is 8.78. The van der Waals surface area contributed by atoms with Crippen LogP contribution in [0, 0.1) is 11.8 Å². The van der Waals surface area contributed by atoms with Gasteiger partial charge >= 0.3 is 0 Å². The first-order chi connectivity index (χ1) is 16.9. The predicted molar refractivity (Wildman–Crippen MR) is 142 cm³/mol. The molecule has 3 rings (SSSR count). The van der Waals surface area contributed by atoms with Gasteiger partial charge in [0, 0.05) is 30.0 Å². The molecule has 0 aromatic heterocycles. The number of carbonyl (C=O) groups excluding carboxylic acids is 3. The minimum Gasteiger partial charge on any atom is -0.394 e. The summed E-state index contributed by atoms with van der Waals surface area (Å²) in [6.45, 7) is 18.3. The third kappa shape index (κ3) is 4.56. The van der Waals surface area contributed by atoms with Crippen molar-refractivity contribution >= 4 is 33.7 Å². The van der Waals surface area contributed by atoms with E-state index in [1.807, 2.05) is 34.6 Å². The van der Waals surface area contributed by atoms with Gasteiger partial charge in [0.1, 0.15) is 11.6 Å². The summed E-state index contributed by atoms with van der Waals surface area (Å²) in [4.78, 5) is 47.2. The van der Waals surface area contributed by atoms with Gasteiger partial charge in [0.2, 0.25) is 17.7 Å². The number of alkyl halides is 1. The van der Waals surface area contributed by atoms with Crippen LogP contribution in [-0.4, -0.2) is 97.9 Å². The van der Waals surface area contributed by atoms with Crippen LogP contribution in [0.15, 0.2) is 25.3 Å². The van der Waals surface area contributed by atoms with E-state index in [1.165, 1.54) is 4.90 Å². The molecule has 3 heterocycles. The topological polar surface area (TPSA) is 90.4 Å². The molecule has 8 nitrogen and oxygen atoms in total. The molecule has 3 aliphatic heterocycles. The molecular weight excluding hydrogens is 526 g/mol. The van der Waals surface area contributed by atoms with Crippen molar-refractivity contribution in [2.45, 2.75) is 88.0 Å². The minimum absolute atomic E-state index is 0.144. The number of fused-ring (bicyclic) bond motifs is 1. The number of likely N-dealkylation sites (tertiary alicyclic amines) is 1. The minimum atomic E-state index is -1.15. The second-order valence-corrected chi connectivity index (χ2v) is 12.3. The van der Waals surface area contributed by atoms with Gasteiger partial charge in [-0.05, 0) is 40.0 Å². The molecular formula is C27H42BrN3O5. The summed E-state index contributed by atoms with van der Waals surface area (Å²) in [6.07, 6.45) is 4.54. The van der Waals surface area contributed by atoms with Crippen molar-refractivity contribution in [1.29, 1.82) is 0 Å². The molecule has 3 amide bonds. The number of rotatable bonds is 11. The summed E-state index contributed by atoms with van der Waals surface area (Å²) < 4.78 is 6.61. The van der Waals surface area contributed by atoms with Crippen LogP contribution in [0.2, 0.25) is 0 Å². The first kappa shape index (κ1) is 28.9. The molecule has 0 aliphatic carbocycles. The second kappa shape index (κ2) is 11.0. The van der Waals surface area contributed by atoms with Crippen molar-refractivity contribution in [2.75, 3.05) is 26.2 Å². The van der Waals surface area contributed by atoms with E-state index in [-0.39, 0.29) is 29.2 Å². The predicted octanol–water partition coefficient (Wildman–Crippen LogP) is 2.74. The third-order valence-corrected chi connectivity index (χ3v) is 8.71. The number of aliphatic hydroxyl groups is 1. The lowest BCUT2D eigenvalue weighted by Crippen LogP contribution is -2.61. The Hall–Kier alpha value is -1.71. The normalized spacial score (nSPS) is 31.8. The van der Waals surface area contributed by atoms with Crippen LogP contribution in [0.3, 0.4) is 0 Å². The maximum atomic E-state index is 14.3. The molecule has 3 fully saturated rings. The lowest BCUT2D eigenvalue weighted by Gasteiger charge is -2.43. The highest BCUT2D eigenvalue weighted by Gasteiger charge is 2.77. The standard InChI is InChI=1S/C27H42BrN3O5/c1-8-12-29(13-9-2)23(33)19-20-24(34)31(17(11-4)16-32)22(27(20)15-18(28)21(19)36-27)25(35)30(14-10-3)26(5,6)7/h8,10,17-22,32H,1,3,9,11-16H2,2,4-7H3/t17-,18?,19-,20-,21-,22?,27?/m0/s1. The summed E-state index contributed by atoms with van der Waals surface area (Å²) in [6, 6.07) is -1.49. The Labute approximate surface area is 223 Å². The third-order valence-electron chi connectivity index (χ3n) is 7.86. The van der Waals surface area contributed by atoms with Gasteiger partial charge in [-0.3, -0.25) is 14.4 Å². The van der Waals surface area contributed by atoms with Crippen LogP contribution >= 0.6 is 15.9 Å². The zero-order valence-corrected chi connectivity index (χ0v) is 23.9. The van der Waals surface area contributed by atoms with Crippen LogP contribution in [0.4, 0.5) is 0 Å². The van der Waals surface area contributed by atoms with E-state index in [1.54, 1.807) is 22.0 Å². The number of nitrogens with zero attached hydrogens (tertiary/aromatic N) is 3. The van der Waals surface area contributed by atoms with Gasteiger partial charge in [-0.25, -0.2) is 0 Å². The number of carbonyl (C=O) groups is 3. The van der Waals surface area contributed by atoms with Gasteiger partial charge in [0.05, 0.1) is 30.6 Å². The molecule has 0 aromatic rings. The molecule has 3 saturated heterocycles. The molecule has 3 unspecified atom stereocenters. The van der Waals surface area contributed by atoms with Crippen molar-refractivity contribution in [2.24, 2.45) is 11.8 Å². The van der Waals surface area contributed by atoms with Gasteiger partial charge in [0.15, 0.2) is 0 Å². The van der Waals surface area contributed by atoms with Gasteiger partial charge in [-0.2, -0.15) is 0 Å². The Morgan fingerprint density at radius 3 is 2.39 bits per heavy atom. The van der Waals surface area contributed by atoms with E-state index in [4.69, 9.17) is 4.74 Å². The van der Waals surface area contributed by atoms with Gasteiger partial charge in [-0.1, -0.05) is 41.9 Å². The number of hydrogen-bond donors (Lipinski definition) is 1. The Balaban J connectivity index is 2.15. The smallest absolute Gasteiger partial charge is 0.249 e. The summed E-state index contributed by atoms with van der Waals surface area (Å²) in [5.41, 5.74) is -1.68. The van der Waals surface area contributed by atoms with Crippen molar-refractivity contribution in [3.05, 3.63) is 25.3 Å².